The van der Waals surface area contributed by atoms with Crippen molar-refractivity contribution in [3.63, 3.8) is 0 Å². The minimum absolute atomic E-state index is 0.334. The van der Waals surface area contributed by atoms with Crippen LogP contribution in [0.3, 0.4) is 0 Å². The maximum absolute atomic E-state index is 3.84. The summed E-state index contributed by atoms with van der Waals surface area (Å²) in [6.45, 7) is 13.2. The zero-order chi connectivity index (χ0) is 13.2. The van der Waals surface area contributed by atoms with E-state index in [0.29, 0.717) is 11.1 Å². The Hall–Kier alpha value is -0.0800. The van der Waals surface area contributed by atoms with E-state index in [9.17, 15) is 0 Å². The van der Waals surface area contributed by atoms with Gasteiger partial charge >= 0.3 is 0 Å². The topological polar surface area (TPSA) is 15.3 Å². The van der Waals surface area contributed by atoms with Crippen molar-refractivity contribution in [1.82, 2.24) is 10.2 Å². The first-order chi connectivity index (χ1) is 8.48. The number of nitrogens with one attached hydrogen (secondary N) is 1. The number of nitrogens with zero attached hydrogens (tertiary/aromatic N) is 1. The number of hydrogen-bond donors (Lipinski definition) is 1. The van der Waals surface area contributed by atoms with Crippen LogP contribution in [-0.2, 0) is 0 Å². The van der Waals surface area contributed by atoms with E-state index in [-0.39, 0.29) is 0 Å². The van der Waals surface area contributed by atoms with Gasteiger partial charge in [-0.3, -0.25) is 4.90 Å². The van der Waals surface area contributed by atoms with Gasteiger partial charge in [0.15, 0.2) is 0 Å². The van der Waals surface area contributed by atoms with E-state index in [1.165, 1.54) is 51.6 Å². The van der Waals surface area contributed by atoms with Gasteiger partial charge in [-0.25, -0.2) is 0 Å². The fourth-order valence-electron chi connectivity index (χ4n) is 3.30. The molecule has 1 saturated carbocycles. The quantitative estimate of drug-likeness (QED) is 0.729. The molecule has 0 amide bonds. The summed E-state index contributed by atoms with van der Waals surface area (Å²) in [7, 11) is 0. The molecule has 106 valence electrons. The molecule has 1 atom stereocenters. The SMILES string of the molecule is CCCCCCN1CC(C)(C2CC2)NCC1(C)C. The van der Waals surface area contributed by atoms with E-state index in [1.807, 2.05) is 0 Å². The highest BCUT2D eigenvalue weighted by molar-refractivity contribution is 5.06. The molecule has 0 spiro atoms. The molecular weight excluding hydrogens is 220 g/mol. The second-order valence-corrected chi connectivity index (χ2v) is 7.34. The molecular formula is C16H32N2. The Morgan fingerprint density at radius 1 is 1.11 bits per heavy atom. The van der Waals surface area contributed by atoms with Crippen molar-refractivity contribution in [2.75, 3.05) is 19.6 Å². The number of unbranched alkanes of at least 4 members (excludes halogenated alkanes) is 3. The van der Waals surface area contributed by atoms with Crippen LogP contribution >= 0.6 is 0 Å². The van der Waals surface area contributed by atoms with Crippen LogP contribution in [0.2, 0.25) is 0 Å². The Kier molecular flexibility index (Phi) is 4.38. The number of piperazine rings is 1. The molecule has 2 rings (SSSR count). The highest BCUT2D eigenvalue weighted by Crippen LogP contribution is 2.42. The Morgan fingerprint density at radius 3 is 2.44 bits per heavy atom. The molecule has 1 N–H and O–H groups in total. The first-order valence-corrected chi connectivity index (χ1v) is 7.98. The predicted octanol–water partition coefficient (Wildman–Crippen LogP) is 3.42. The molecule has 18 heavy (non-hydrogen) atoms. The average Bonchev–Trinajstić information content (AvgIpc) is 3.14. The Morgan fingerprint density at radius 2 is 1.83 bits per heavy atom. The lowest BCUT2D eigenvalue weighted by Gasteiger charge is -2.51. The Labute approximate surface area is 114 Å². The number of hydrogen-bond acceptors (Lipinski definition) is 2. The summed E-state index contributed by atoms with van der Waals surface area (Å²) < 4.78 is 0. The second-order valence-electron chi connectivity index (χ2n) is 7.34. The molecule has 2 aliphatic rings. The van der Waals surface area contributed by atoms with Gasteiger partial charge in [0, 0.05) is 24.2 Å². The molecule has 1 unspecified atom stereocenters. The predicted molar refractivity (Wildman–Crippen MR) is 78.9 cm³/mol. The zero-order valence-corrected chi connectivity index (χ0v) is 12.9. The molecule has 2 nitrogen and oxygen atoms in total. The van der Waals surface area contributed by atoms with Crippen LogP contribution in [-0.4, -0.2) is 35.6 Å². The average molecular weight is 252 g/mol. The Balaban J connectivity index is 1.87. The van der Waals surface area contributed by atoms with Crippen LogP contribution < -0.4 is 5.32 Å². The van der Waals surface area contributed by atoms with Crippen molar-refractivity contribution in [1.29, 1.82) is 0 Å². The summed E-state index contributed by atoms with van der Waals surface area (Å²) in [6, 6.07) is 0. The largest absolute Gasteiger partial charge is 0.308 e. The normalized spacial score (nSPS) is 32.7. The van der Waals surface area contributed by atoms with Gasteiger partial charge in [0.05, 0.1) is 0 Å². The molecule has 0 aromatic heterocycles. The van der Waals surface area contributed by atoms with Crippen LogP contribution in [0.4, 0.5) is 0 Å². The van der Waals surface area contributed by atoms with Gasteiger partial charge in [-0.05, 0) is 52.5 Å². The minimum atomic E-state index is 0.334. The summed E-state index contributed by atoms with van der Waals surface area (Å²) in [5.41, 5.74) is 0.723. The molecule has 0 aromatic carbocycles. The van der Waals surface area contributed by atoms with Gasteiger partial charge in [-0.15, -0.1) is 0 Å². The van der Waals surface area contributed by atoms with Gasteiger partial charge in [0.25, 0.3) is 0 Å². The summed E-state index contributed by atoms with van der Waals surface area (Å²) in [6.07, 6.45) is 8.38. The van der Waals surface area contributed by atoms with Crippen molar-refractivity contribution in [2.45, 2.75) is 77.3 Å². The second kappa shape index (κ2) is 5.50. The molecule has 0 aromatic rings. The molecule has 2 heteroatoms. The summed E-state index contributed by atoms with van der Waals surface area (Å²) >= 11 is 0. The molecule has 1 aliphatic carbocycles. The van der Waals surface area contributed by atoms with Crippen molar-refractivity contribution in [3.8, 4) is 0 Å². The lowest BCUT2D eigenvalue weighted by molar-refractivity contribution is 0.0231. The lowest BCUT2D eigenvalue weighted by Crippen LogP contribution is -2.68. The zero-order valence-electron chi connectivity index (χ0n) is 12.9. The van der Waals surface area contributed by atoms with E-state index >= 15 is 0 Å². The van der Waals surface area contributed by atoms with Crippen molar-refractivity contribution >= 4 is 0 Å². The van der Waals surface area contributed by atoms with Crippen LogP contribution in [0.15, 0.2) is 0 Å². The van der Waals surface area contributed by atoms with Gasteiger partial charge in [0.2, 0.25) is 0 Å². The smallest absolute Gasteiger partial charge is 0.0309 e. The molecule has 1 heterocycles. The highest BCUT2D eigenvalue weighted by atomic mass is 15.3. The number of rotatable bonds is 6. The minimum Gasteiger partial charge on any atom is -0.308 e. The van der Waals surface area contributed by atoms with Crippen LogP contribution in [0.1, 0.15) is 66.2 Å². The van der Waals surface area contributed by atoms with Gasteiger partial charge in [0.1, 0.15) is 0 Å². The van der Waals surface area contributed by atoms with E-state index in [2.05, 4.69) is 37.9 Å². The fourth-order valence-corrected chi connectivity index (χ4v) is 3.30. The maximum atomic E-state index is 3.84. The summed E-state index contributed by atoms with van der Waals surface area (Å²) in [4.78, 5) is 2.75. The van der Waals surface area contributed by atoms with E-state index in [0.717, 1.165) is 12.5 Å². The lowest BCUT2D eigenvalue weighted by atomic mass is 9.86. The fraction of sp³-hybridized carbons (Fsp3) is 1.00. The third-order valence-corrected chi connectivity index (χ3v) is 5.06. The third-order valence-electron chi connectivity index (χ3n) is 5.06. The highest BCUT2D eigenvalue weighted by Gasteiger charge is 2.47. The third kappa shape index (κ3) is 3.27. The standard InChI is InChI=1S/C16H32N2/c1-5-6-7-8-11-18-13-16(4,14-9-10-14)17-12-15(18,2)3/h14,17H,5-13H2,1-4H3. The van der Waals surface area contributed by atoms with Crippen molar-refractivity contribution in [2.24, 2.45) is 5.92 Å². The summed E-state index contributed by atoms with van der Waals surface area (Å²) in [5.74, 6) is 0.937. The molecule has 1 saturated heterocycles. The van der Waals surface area contributed by atoms with Gasteiger partial charge in [-0.2, -0.15) is 0 Å². The van der Waals surface area contributed by atoms with Gasteiger partial charge in [-0.1, -0.05) is 26.2 Å². The van der Waals surface area contributed by atoms with Crippen LogP contribution in [0.25, 0.3) is 0 Å². The monoisotopic (exact) mass is 252 g/mol. The first-order valence-electron chi connectivity index (χ1n) is 7.98. The molecule has 0 radical (unpaired) electrons. The van der Waals surface area contributed by atoms with E-state index in [1.54, 1.807) is 0 Å². The summed E-state index contributed by atoms with van der Waals surface area (Å²) in [5, 5.41) is 3.84. The molecule has 2 fully saturated rings. The van der Waals surface area contributed by atoms with Crippen molar-refractivity contribution in [3.05, 3.63) is 0 Å². The van der Waals surface area contributed by atoms with Crippen molar-refractivity contribution < 1.29 is 0 Å². The maximum Gasteiger partial charge on any atom is 0.0309 e. The van der Waals surface area contributed by atoms with E-state index in [4.69, 9.17) is 0 Å². The first kappa shape index (κ1) is 14.3. The van der Waals surface area contributed by atoms with Gasteiger partial charge < -0.3 is 5.32 Å². The Bertz CT molecular complexity index is 270. The van der Waals surface area contributed by atoms with Crippen LogP contribution in [0, 0.1) is 5.92 Å². The van der Waals surface area contributed by atoms with E-state index < -0.39 is 0 Å². The molecule has 0 bridgehead atoms. The molecule has 1 aliphatic heterocycles. The van der Waals surface area contributed by atoms with Crippen LogP contribution in [0.5, 0.6) is 0 Å².